The van der Waals surface area contributed by atoms with E-state index in [4.69, 9.17) is 0 Å². The van der Waals surface area contributed by atoms with Crippen molar-refractivity contribution in [2.24, 2.45) is 16.7 Å². The summed E-state index contributed by atoms with van der Waals surface area (Å²) in [5.74, 6) is 0.972. The minimum atomic E-state index is 0.530. The Balaban J connectivity index is 2.31. The lowest BCUT2D eigenvalue weighted by molar-refractivity contribution is 0.116. The molecule has 70 valence electrons. The van der Waals surface area contributed by atoms with E-state index >= 15 is 0 Å². The van der Waals surface area contributed by atoms with Crippen LogP contribution in [0.15, 0.2) is 0 Å². The van der Waals surface area contributed by atoms with Gasteiger partial charge in [-0.1, -0.05) is 20.8 Å². The zero-order chi connectivity index (χ0) is 8.98. The summed E-state index contributed by atoms with van der Waals surface area (Å²) in [6.07, 6.45) is 4.35. The molecule has 2 saturated carbocycles. The Kier molecular flexibility index (Phi) is 1.61. The highest BCUT2D eigenvalue weighted by molar-refractivity contribution is 5.11. The molecule has 0 heterocycles. The molecule has 1 heteroatoms. The molecule has 0 aromatic rings. The van der Waals surface area contributed by atoms with Gasteiger partial charge in [-0.25, -0.2) is 0 Å². The number of hydrogen-bond donors (Lipinski definition) is 1. The van der Waals surface area contributed by atoms with Gasteiger partial charge in [0.15, 0.2) is 0 Å². The SMILES string of the molecule is CN[C@H]1C(C)(C)[C@@H]2CC[C@@]1(C)C2. The molecule has 2 aliphatic carbocycles. The predicted molar refractivity (Wildman–Crippen MR) is 52.1 cm³/mol. The van der Waals surface area contributed by atoms with Gasteiger partial charge < -0.3 is 5.32 Å². The summed E-state index contributed by atoms with van der Waals surface area (Å²) in [6.45, 7) is 7.33. The summed E-state index contributed by atoms with van der Waals surface area (Å²) >= 11 is 0. The van der Waals surface area contributed by atoms with Crippen molar-refractivity contribution in [2.45, 2.75) is 46.1 Å². The van der Waals surface area contributed by atoms with Gasteiger partial charge in [-0.2, -0.15) is 0 Å². The van der Waals surface area contributed by atoms with E-state index in [1.54, 1.807) is 0 Å². The van der Waals surface area contributed by atoms with E-state index in [0.717, 1.165) is 12.0 Å². The standard InChI is InChI=1S/C11H21N/c1-10(2)8-5-6-11(3,7-8)9(10)12-4/h8-9,12H,5-7H2,1-4H3/t8-,9+,11+/m1/s1. The van der Waals surface area contributed by atoms with Crippen LogP contribution in [-0.4, -0.2) is 13.1 Å². The molecule has 0 radical (unpaired) electrons. The van der Waals surface area contributed by atoms with E-state index in [1.807, 2.05) is 0 Å². The van der Waals surface area contributed by atoms with Gasteiger partial charge in [0.1, 0.15) is 0 Å². The Morgan fingerprint density at radius 1 is 1.25 bits per heavy atom. The second-order valence-corrected chi connectivity index (χ2v) is 5.64. The maximum absolute atomic E-state index is 3.53. The summed E-state index contributed by atoms with van der Waals surface area (Å²) in [6, 6.07) is 0.740. The normalized spacial score (nSPS) is 50.0. The minimum Gasteiger partial charge on any atom is -0.316 e. The van der Waals surface area contributed by atoms with Crippen LogP contribution in [0.4, 0.5) is 0 Å². The third-order valence-electron chi connectivity index (χ3n) is 4.56. The Labute approximate surface area is 75.9 Å². The number of nitrogens with one attached hydrogen (secondary N) is 1. The van der Waals surface area contributed by atoms with E-state index in [2.05, 4.69) is 33.1 Å². The molecule has 0 amide bonds. The van der Waals surface area contributed by atoms with Crippen LogP contribution in [0.5, 0.6) is 0 Å². The van der Waals surface area contributed by atoms with Gasteiger partial charge in [0, 0.05) is 6.04 Å². The molecule has 0 spiro atoms. The van der Waals surface area contributed by atoms with E-state index in [9.17, 15) is 0 Å². The Hall–Kier alpha value is -0.0400. The molecule has 1 N–H and O–H groups in total. The second kappa shape index (κ2) is 2.25. The lowest BCUT2D eigenvalue weighted by Crippen LogP contribution is -2.48. The van der Waals surface area contributed by atoms with Crippen molar-refractivity contribution in [2.75, 3.05) is 7.05 Å². The highest BCUT2D eigenvalue weighted by Gasteiger charge is 2.58. The summed E-state index contributed by atoms with van der Waals surface area (Å²) in [5, 5.41) is 3.53. The molecule has 2 aliphatic rings. The first-order valence-corrected chi connectivity index (χ1v) is 5.18. The summed E-state index contributed by atoms with van der Waals surface area (Å²) in [4.78, 5) is 0. The van der Waals surface area contributed by atoms with Gasteiger partial charge in [0.05, 0.1) is 0 Å². The second-order valence-electron chi connectivity index (χ2n) is 5.64. The average molecular weight is 167 g/mol. The molecule has 0 aliphatic heterocycles. The zero-order valence-corrected chi connectivity index (χ0v) is 8.78. The molecule has 0 unspecified atom stereocenters. The molecular formula is C11H21N. The van der Waals surface area contributed by atoms with Crippen LogP contribution in [0.1, 0.15) is 40.0 Å². The predicted octanol–water partition coefficient (Wildman–Crippen LogP) is 2.42. The first-order chi connectivity index (χ1) is 5.50. The highest BCUT2D eigenvalue weighted by Crippen LogP contribution is 2.62. The molecule has 3 atom stereocenters. The lowest BCUT2D eigenvalue weighted by Gasteiger charge is -2.42. The van der Waals surface area contributed by atoms with Crippen molar-refractivity contribution >= 4 is 0 Å². The average Bonchev–Trinajstić information content (AvgIpc) is 2.39. The fraction of sp³-hybridized carbons (Fsp3) is 1.00. The molecule has 0 aromatic heterocycles. The Morgan fingerprint density at radius 3 is 2.25 bits per heavy atom. The molecule has 0 saturated heterocycles. The van der Waals surface area contributed by atoms with Crippen molar-refractivity contribution in [3.63, 3.8) is 0 Å². The number of fused-ring (bicyclic) bond motifs is 2. The van der Waals surface area contributed by atoms with Crippen LogP contribution < -0.4 is 5.32 Å². The smallest absolute Gasteiger partial charge is 0.0172 e. The highest BCUT2D eigenvalue weighted by atomic mass is 15.0. The van der Waals surface area contributed by atoms with Crippen LogP contribution in [0, 0.1) is 16.7 Å². The van der Waals surface area contributed by atoms with Crippen LogP contribution in [-0.2, 0) is 0 Å². The van der Waals surface area contributed by atoms with E-state index < -0.39 is 0 Å². The van der Waals surface area contributed by atoms with Crippen molar-refractivity contribution in [1.82, 2.24) is 5.32 Å². The van der Waals surface area contributed by atoms with Crippen LogP contribution >= 0.6 is 0 Å². The minimum absolute atomic E-state index is 0.530. The van der Waals surface area contributed by atoms with E-state index in [0.29, 0.717) is 10.8 Å². The molecular weight excluding hydrogens is 146 g/mol. The summed E-state index contributed by atoms with van der Waals surface area (Å²) in [7, 11) is 2.12. The van der Waals surface area contributed by atoms with Crippen molar-refractivity contribution in [3.8, 4) is 0 Å². The van der Waals surface area contributed by atoms with Gasteiger partial charge in [-0.05, 0) is 43.1 Å². The van der Waals surface area contributed by atoms with Crippen LogP contribution in [0.2, 0.25) is 0 Å². The molecule has 2 rings (SSSR count). The Morgan fingerprint density at radius 2 is 1.92 bits per heavy atom. The largest absolute Gasteiger partial charge is 0.316 e. The topological polar surface area (TPSA) is 12.0 Å². The first-order valence-electron chi connectivity index (χ1n) is 5.18. The maximum Gasteiger partial charge on any atom is 0.0172 e. The van der Waals surface area contributed by atoms with Crippen LogP contribution in [0.3, 0.4) is 0 Å². The quantitative estimate of drug-likeness (QED) is 0.632. The number of hydrogen-bond acceptors (Lipinski definition) is 1. The van der Waals surface area contributed by atoms with Crippen LogP contribution in [0.25, 0.3) is 0 Å². The zero-order valence-electron chi connectivity index (χ0n) is 8.78. The maximum atomic E-state index is 3.53. The lowest BCUT2D eigenvalue weighted by atomic mass is 9.68. The van der Waals surface area contributed by atoms with E-state index in [-0.39, 0.29) is 0 Å². The van der Waals surface area contributed by atoms with Gasteiger partial charge in [0.25, 0.3) is 0 Å². The fourth-order valence-electron chi connectivity index (χ4n) is 4.02. The van der Waals surface area contributed by atoms with E-state index in [1.165, 1.54) is 19.3 Å². The van der Waals surface area contributed by atoms with Crippen molar-refractivity contribution in [3.05, 3.63) is 0 Å². The molecule has 1 nitrogen and oxygen atoms in total. The Bertz CT molecular complexity index is 192. The third-order valence-corrected chi connectivity index (χ3v) is 4.56. The monoisotopic (exact) mass is 167 g/mol. The fourth-order valence-corrected chi connectivity index (χ4v) is 4.02. The molecule has 12 heavy (non-hydrogen) atoms. The number of rotatable bonds is 1. The first kappa shape index (κ1) is 8.55. The summed E-state index contributed by atoms with van der Waals surface area (Å²) in [5.41, 5.74) is 1.13. The molecule has 2 bridgehead atoms. The van der Waals surface area contributed by atoms with Crippen molar-refractivity contribution < 1.29 is 0 Å². The van der Waals surface area contributed by atoms with Gasteiger partial charge in [-0.3, -0.25) is 0 Å². The van der Waals surface area contributed by atoms with Gasteiger partial charge in [-0.15, -0.1) is 0 Å². The molecule has 2 fully saturated rings. The summed E-state index contributed by atoms with van der Waals surface area (Å²) < 4.78 is 0. The van der Waals surface area contributed by atoms with Crippen molar-refractivity contribution in [1.29, 1.82) is 0 Å². The van der Waals surface area contributed by atoms with Gasteiger partial charge >= 0.3 is 0 Å². The molecule has 0 aromatic carbocycles. The van der Waals surface area contributed by atoms with Gasteiger partial charge in [0.2, 0.25) is 0 Å². The third kappa shape index (κ3) is 0.834.